The summed E-state index contributed by atoms with van der Waals surface area (Å²) in [6.07, 6.45) is 0. The maximum atomic E-state index is 12.9. The zero-order chi connectivity index (χ0) is 11.5. The van der Waals surface area contributed by atoms with Gasteiger partial charge in [-0.15, -0.1) is 11.6 Å². The summed E-state index contributed by atoms with van der Waals surface area (Å²) in [4.78, 5) is 0. The Labute approximate surface area is 107 Å². The van der Waals surface area contributed by atoms with E-state index in [1.54, 1.807) is 6.07 Å². The van der Waals surface area contributed by atoms with Gasteiger partial charge in [0, 0.05) is 4.47 Å². The highest BCUT2D eigenvalue weighted by atomic mass is 79.9. The van der Waals surface area contributed by atoms with Crippen LogP contribution >= 0.6 is 27.5 Å². The first-order valence-corrected chi connectivity index (χ1v) is 6.05. The molecular formula is C13H9BrClF. The van der Waals surface area contributed by atoms with Crippen LogP contribution in [0.3, 0.4) is 0 Å². The lowest BCUT2D eigenvalue weighted by Crippen LogP contribution is -1.94. The molecule has 2 rings (SSSR count). The van der Waals surface area contributed by atoms with E-state index in [4.69, 9.17) is 11.6 Å². The van der Waals surface area contributed by atoms with E-state index in [1.807, 2.05) is 30.3 Å². The van der Waals surface area contributed by atoms with Gasteiger partial charge in [0.15, 0.2) is 0 Å². The molecule has 3 heteroatoms. The van der Waals surface area contributed by atoms with Crippen LogP contribution in [0.1, 0.15) is 16.5 Å². The minimum absolute atomic E-state index is 0.267. The van der Waals surface area contributed by atoms with Crippen molar-refractivity contribution < 1.29 is 4.39 Å². The van der Waals surface area contributed by atoms with Gasteiger partial charge in [-0.25, -0.2) is 4.39 Å². The van der Waals surface area contributed by atoms with Crippen molar-refractivity contribution >= 4 is 27.5 Å². The largest absolute Gasteiger partial charge is 0.207 e. The van der Waals surface area contributed by atoms with E-state index in [0.717, 1.165) is 11.1 Å². The van der Waals surface area contributed by atoms with Crippen molar-refractivity contribution in [1.82, 2.24) is 0 Å². The van der Waals surface area contributed by atoms with Gasteiger partial charge in [-0.1, -0.05) is 52.3 Å². The number of hydrogen-bond donors (Lipinski definition) is 0. The molecule has 0 amide bonds. The Balaban J connectivity index is 2.38. The molecule has 0 aliphatic heterocycles. The molecule has 0 fully saturated rings. The van der Waals surface area contributed by atoms with Crippen LogP contribution < -0.4 is 0 Å². The third-order valence-electron chi connectivity index (χ3n) is 2.33. The monoisotopic (exact) mass is 298 g/mol. The zero-order valence-corrected chi connectivity index (χ0v) is 10.7. The van der Waals surface area contributed by atoms with Crippen molar-refractivity contribution in [3.63, 3.8) is 0 Å². The summed E-state index contributed by atoms with van der Waals surface area (Å²) in [5.41, 5.74) is 1.87. The molecule has 0 aliphatic carbocycles. The molecule has 0 spiro atoms. The molecule has 82 valence electrons. The van der Waals surface area contributed by atoms with Gasteiger partial charge in [0.1, 0.15) is 5.82 Å². The predicted molar refractivity (Wildman–Crippen MR) is 68.2 cm³/mol. The van der Waals surface area contributed by atoms with Crippen molar-refractivity contribution in [2.75, 3.05) is 0 Å². The minimum Gasteiger partial charge on any atom is -0.207 e. The van der Waals surface area contributed by atoms with E-state index < -0.39 is 0 Å². The molecule has 0 radical (unpaired) electrons. The summed E-state index contributed by atoms with van der Waals surface area (Å²) in [5.74, 6) is -0.271. The summed E-state index contributed by atoms with van der Waals surface area (Å²) in [5, 5.41) is -0.267. The van der Waals surface area contributed by atoms with Crippen molar-refractivity contribution in [2.24, 2.45) is 0 Å². The molecule has 2 aromatic carbocycles. The Bertz CT molecular complexity index is 485. The number of halogens is 3. The van der Waals surface area contributed by atoms with Gasteiger partial charge in [0.05, 0.1) is 5.38 Å². The number of rotatable bonds is 2. The van der Waals surface area contributed by atoms with Crippen LogP contribution in [-0.2, 0) is 0 Å². The summed E-state index contributed by atoms with van der Waals surface area (Å²) in [6.45, 7) is 0. The second-order valence-corrected chi connectivity index (χ2v) is 4.73. The lowest BCUT2D eigenvalue weighted by atomic mass is 10.0. The fraction of sp³-hybridized carbons (Fsp3) is 0.0769. The molecule has 2 aromatic rings. The Morgan fingerprint density at radius 1 is 1.06 bits per heavy atom. The highest BCUT2D eigenvalue weighted by molar-refractivity contribution is 9.10. The van der Waals surface area contributed by atoms with Crippen LogP contribution in [-0.4, -0.2) is 0 Å². The van der Waals surface area contributed by atoms with Crippen LogP contribution in [0.15, 0.2) is 53.0 Å². The molecule has 0 saturated heterocycles. The second kappa shape index (κ2) is 4.98. The molecule has 0 N–H and O–H groups in total. The Morgan fingerprint density at radius 3 is 2.38 bits per heavy atom. The van der Waals surface area contributed by atoms with E-state index in [1.165, 1.54) is 12.1 Å². The number of hydrogen-bond acceptors (Lipinski definition) is 0. The Morgan fingerprint density at radius 2 is 1.75 bits per heavy atom. The molecule has 1 unspecified atom stereocenters. The lowest BCUT2D eigenvalue weighted by Gasteiger charge is -2.12. The van der Waals surface area contributed by atoms with Crippen LogP contribution in [0.2, 0.25) is 0 Å². The highest BCUT2D eigenvalue weighted by Crippen LogP contribution is 2.33. The first kappa shape index (κ1) is 11.6. The molecule has 0 nitrogen and oxygen atoms in total. The molecule has 0 aliphatic rings. The maximum absolute atomic E-state index is 12.9. The molecule has 0 aromatic heterocycles. The second-order valence-electron chi connectivity index (χ2n) is 3.44. The Kier molecular flexibility index (Phi) is 3.62. The fourth-order valence-electron chi connectivity index (χ4n) is 1.51. The van der Waals surface area contributed by atoms with Gasteiger partial charge in [0.2, 0.25) is 0 Å². The van der Waals surface area contributed by atoms with Crippen molar-refractivity contribution in [1.29, 1.82) is 0 Å². The zero-order valence-electron chi connectivity index (χ0n) is 8.33. The SMILES string of the molecule is Fc1ccc(C(Cl)c2ccccc2)c(Br)c1. The molecular weight excluding hydrogens is 290 g/mol. The van der Waals surface area contributed by atoms with E-state index in [2.05, 4.69) is 15.9 Å². The summed E-state index contributed by atoms with van der Waals surface area (Å²) < 4.78 is 13.6. The average molecular weight is 300 g/mol. The van der Waals surface area contributed by atoms with Gasteiger partial charge < -0.3 is 0 Å². The Hall–Kier alpha value is -0.860. The summed E-state index contributed by atoms with van der Waals surface area (Å²) in [6, 6.07) is 14.2. The number of alkyl halides is 1. The van der Waals surface area contributed by atoms with Crippen LogP contribution in [0.25, 0.3) is 0 Å². The van der Waals surface area contributed by atoms with Gasteiger partial charge >= 0.3 is 0 Å². The first-order chi connectivity index (χ1) is 7.68. The first-order valence-electron chi connectivity index (χ1n) is 4.82. The van der Waals surface area contributed by atoms with Crippen LogP contribution in [0.4, 0.5) is 4.39 Å². The van der Waals surface area contributed by atoms with Crippen LogP contribution in [0.5, 0.6) is 0 Å². The molecule has 0 bridgehead atoms. The quantitative estimate of drug-likeness (QED) is 0.691. The van der Waals surface area contributed by atoms with Gasteiger partial charge in [0.25, 0.3) is 0 Å². The van der Waals surface area contributed by atoms with E-state index in [9.17, 15) is 4.39 Å². The standard InChI is InChI=1S/C13H9BrClF/c14-12-8-10(16)6-7-11(12)13(15)9-4-2-1-3-5-9/h1-8,13H. The molecule has 0 heterocycles. The lowest BCUT2D eigenvalue weighted by molar-refractivity contribution is 0.626. The molecule has 16 heavy (non-hydrogen) atoms. The molecule has 0 saturated carbocycles. The van der Waals surface area contributed by atoms with Gasteiger partial charge in [-0.05, 0) is 23.3 Å². The summed E-state index contributed by atoms with van der Waals surface area (Å²) >= 11 is 9.66. The molecule has 1 atom stereocenters. The topological polar surface area (TPSA) is 0 Å². The summed E-state index contributed by atoms with van der Waals surface area (Å²) in [7, 11) is 0. The van der Waals surface area contributed by atoms with Gasteiger partial charge in [-0.3, -0.25) is 0 Å². The minimum atomic E-state index is -0.271. The highest BCUT2D eigenvalue weighted by Gasteiger charge is 2.13. The van der Waals surface area contributed by atoms with E-state index in [0.29, 0.717) is 4.47 Å². The van der Waals surface area contributed by atoms with Crippen LogP contribution in [0, 0.1) is 5.82 Å². The number of benzene rings is 2. The average Bonchev–Trinajstić information content (AvgIpc) is 2.29. The third kappa shape index (κ3) is 2.45. The van der Waals surface area contributed by atoms with Gasteiger partial charge in [-0.2, -0.15) is 0 Å². The predicted octanol–water partition coefficient (Wildman–Crippen LogP) is 4.92. The normalized spacial score (nSPS) is 12.4. The maximum Gasteiger partial charge on any atom is 0.124 e. The fourth-order valence-corrected chi connectivity index (χ4v) is 2.56. The smallest absolute Gasteiger partial charge is 0.124 e. The van der Waals surface area contributed by atoms with E-state index >= 15 is 0 Å². The van der Waals surface area contributed by atoms with Crippen molar-refractivity contribution in [3.05, 3.63) is 69.9 Å². The van der Waals surface area contributed by atoms with Crippen molar-refractivity contribution in [2.45, 2.75) is 5.38 Å². The van der Waals surface area contributed by atoms with E-state index in [-0.39, 0.29) is 11.2 Å². The third-order valence-corrected chi connectivity index (χ3v) is 3.50. The van der Waals surface area contributed by atoms with Crippen molar-refractivity contribution in [3.8, 4) is 0 Å².